The predicted molar refractivity (Wildman–Crippen MR) is 76.2 cm³/mol. The van der Waals surface area contributed by atoms with Crippen LogP contribution in [0.4, 0.5) is 5.69 Å². The molecular formula is C12H17ClN2S. The highest BCUT2D eigenvalue weighted by molar-refractivity contribution is 7.83. The lowest BCUT2D eigenvalue weighted by atomic mass is 10.1. The molecule has 0 aliphatic rings. The van der Waals surface area contributed by atoms with Crippen LogP contribution in [0, 0.1) is 0 Å². The molecule has 0 atom stereocenters. The second kappa shape index (κ2) is 6.06. The minimum Gasteiger partial charge on any atom is -0.398 e. The highest BCUT2D eigenvalue weighted by atomic mass is 35.5. The largest absolute Gasteiger partial charge is 0.398 e. The summed E-state index contributed by atoms with van der Waals surface area (Å²) in [5.74, 6) is 0. The summed E-state index contributed by atoms with van der Waals surface area (Å²) in [4.78, 5) is 2.19. The SMILES string of the molecule is CCN(CC)c1cc(/C(N)=C/S)ccc1Cl. The van der Waals surface area contributed by atoms with E-state index in [9.17, 15) is 0 Å². The van der Waals surface area contributed by atoms with Crippen molar-refractivity contribution in [3.8, 4) is 0 Å². The molecule has 0 aliphatic carbocycles. The van der Waals surface area contributed by atoms with Gasteiger partial charge < -0.3 is 10.6 Å². The van der Waals surface area contributed by atoms with Crippen LogP contribution in [0.5, 0.6) is 0 Å². The van der Waals surface area contributed by atoms with Crippen molar-refractivity contribution in [1.29, 1.82) is 0 Å². The van der Waals surface area contributed by atoms with E-state index in [0.29, 0.717) is 5.70 Å². The first kappa shape index (κ1) is 13.3. The van der Waals surface area contributed by atoms with Crippen molar-refractivity contribution >= 4 is 35.6 Å². The van der Waals surface area contributed by atoms with Crippen molar-refractivity contribution in [3.63, 3.8) is 0 Å². The number of anilines is 1. The van der Waals surface area contributed by atoms with Gasteiger partial charge in [-0.15, -0.1) is 12.6 Å². The summed E-state index contributed by atoms with van der Waals surface area (Å²) in [6.45, 7) is 6.04. The number of rotatable bonds is 4. The Morgan fingerprint density at radius 3 is 2.56 bits per heavy atom. The fourth-order valence-corrected chi connectivity index (χ4v) is 1.96. The zero-order valence-corrected chi connectivity index (χ0v) is 11.2. The van der Waals surface area contributed by atoms with Gasteiger partial charge >= 0.3 is 0 Å². The molecule has 0 fully saturated rings. The molecule has 1 aromatic rings. The average molecular weight is 257 g/mol. The van der Waals surface area contributed by atoms with Crippen molar-refractivity contribution < 1.29 is 0 Å². The minimum atomic E-state index is 0.647. The van der Waals surface area contributed by atoms with Crippen molar-refractivity contribution in [3.05, 3.63) is 34.2 Å². The van der Waals surface area contributed by atoms with Gasteiger partial charge in [0.2, 0.25) is 0 Å². The minimum absolute atomic E-state index is 0.647. The molecule has 0 aromatic heterocycles. The smallest absolute Gasteiger partial charge is 0.0640 e. The molecule has 4 heteroatoms. The van der Waals surface area contributed by atoms with Gasteiger partial charge in [0.25, 0.3) is 0 Å². The normalized spacial score (nSPS) is 11.6. The Balaban J connectivity index is 3.17. The molecule has 2 nitrogen and oxygen atoms in total. The number of halogens is 1. The molecule has 16 heavy (non-hydrogen) atoms. The first-order valence-electron chi connectivity index (χ1n) is 5.28. The summed E-state index contributed by atoms with van der Waals surface area (Å²) in [5.41, 5.74) is 8.43. The summed E-state index contributed by atoms with van der Waals surface area (Å²) < 4.78 is 0. The molecular weight excluding hydrogens is 240 g/mol. The van der Waals surface area contributed by atoms with E-state index >= 15 is 0 Å². The van der Waals surface area contributed by atoms with Gasteiger partial charge in [0.05, 0.1) is 10.7 Å². The van der Waals surface area contributed by atoms with Crippen LogP contribution < -0.4 is 10.6 Å². The van der Waals surface area contributed by atoms with E-state index in [0.717, 1.165) is 29.4 Å². The third kappa shape index (κ3) is 2.86. The van der Waals surface area contributed by atoms with Crippen LogP contribution in [0.3, 0.4) is 0 Å². The Hall–Kier alpha value is -0.800. The molecule has 0 amide bonds. The van der Waals surface area contributed by atoms with Crippen molar-refractivity contribution in [2.24, 2.45) is 5.73 Å². The van der Waals surface area contributed by atoms with Crippen molar-refractivity contribution in [2.45, 2.75) is 13.8 Å². The molecule has 0 radical (unpaired) electrons. The maximum atomic E-state index is 6.18. The molecule has 0 unspecified atom stereocenters. The Morgan fingerprint density at radius 1 is 1.44 bits per heavy atom. The second-order valence-corrected chi connectivity index (χ2v) is 4.09. The van der Waals surface area contributed by atoms with Gasteiger partial charge in [-0.2, -0.15) is 0 Å². The van der Waals surface area contributed by atoms with Gasteiger partial charge in [-0.05, 0) is 31.4 Å². The number of thiol groups is 1. The lowest BCUT2D eigenvalue weighted by molar-refractivity contribution is 0.866. The van der Waals surface area contributed by atoms with Crippen LogP contribution >= 0.6 is 24.2 Å². The molecule has 88 valence electrons. The van der Waals surface area contributed by atoms with Gasteiger partial charge in [-0.1, -0.05) is 17.7 Å². The third-order valence-corrected chi connectivity index (χ3v) is 3.12. The van der Waals surface area contributed by atoms with Crippen molar-refractivity contribution in [2.75, 3.05) is 18.0 Å². The Labute approximate surface area is 107 Å². The van der Waals surface area contributed by atoms with Gasteiger partial charge in [-0.25, -0.2) is 0 Å². The van der Waals surface area contributed by atoms with E-state index in [-0.39, 0.29) is 0 Å². The Kier molecular flexibility index (Phi) is 5.03. The molecule has 0 saturated carbocycles. The number of hydrogen-bond donors (Lipinski definition) is 2. The molecule has 0 heterocycles. The maximum absolute atomic E-state index is 6.18. The zero-order chi connectivity index (χ0) is 12.1. The van der Waals surface area contributed by atoms with E-state index in [1.165, 1.54) is 0 Å². The maximum Gasteiger partial charge on any atom is 0.0640 e. The van der Waals surface area contributed by atoms with Crippen LogP contribution in [0.25, 0.3) is 5.70 Å². The molecule has 1 rings (SSSR count). The van der Waals surface area contributed by atoms with Crippen LogP contribution in [-0.4, -0.2) is 13.1 Å². The first-order chi connectivity index (χ1) is 7.63. The van der Waals surface area contributed by atoms with E-state index in [1.54, 1.807) is 5.41 Å². The topological polar surface area (TPSA) is 29.3 Å². The quantitative estimate of drug-likeness (QED) is 0.809. The zero-order valence-electron chi connectivity index (χ0n) is 9.57. The molecule has 0 aliphatic heterocycles. The van der Waals surface area contributed by atoms with E-state index in [2.05, 4.69) is 31.4 Å². The number of nitrogens with two attached hydrogens (primary N) is 1. The van der Waals surface area contributed by atoms with Gasteiger partial charge in [0, 0.05) is 24.4 Å². The highest BCUT2D eigenvalue weighted by Crippen LogP contribution is 2.28. The van der Waals surface area contributed by atoms with Gasteiger partial charge in [0.15, 0.2) is 0 Å². The van der Waals surface area contributed by atoms with Crippen LogP contribution in [0.1, 0.15) is 19.4 Å². The lowest BCUT2D eigenvalue weighted by Crippen LogP contribution is -2.22. The summed E-state index contributed by atoms with van der Waals surface area (Å²) in [6.07, 6.45) is 0. The first-order valence-corrected chi connectivity index (χ1v) is 6.18. The summed E-state index contributed by atoms with van der Waals surface area (Å²) >= 11 is 10.2. The summed E-state index contributed by atoms with van der Waals surface area (Å²) in [6, 6.07) is 5.77. The monoisotopic (exact) mass is 256 g/mol. The Bertz CT molecular complexity index is 387. The van der Waals surface area contributed by atoms with Crippen molar-refractivity contribution in [1.82, 2.24) is 0 Å². The number of benzene rings is 1. The molecule has 0 bridgehead atoms. The fraction of sp³-hybridized carbons (Fsp3) is 0.333. The van der Waals surface area contributed by atoms with Gasteiger partial charge in [-0.3, -0.25) is 0 Å². The second-order valence-electron chi connectivity index (χ2n) is 3.42. The van der Waals surface area contributed by atoms with E-state index < -0.39 is 0 Å². The predicted octanol–water partition coefficient (Wildman–Crippen LogP) is 3.37. The molecule has 1 aromatic carbocycles. The van der Waals surface area contributed by atoms with Crippen LogP contribution in [0.15, 0.2) is 23.6 Å². The number of hydrogen-bond acceptors (Lipinski definition) is 3. The average Bonchev–Trinajstić information content (AvgIpc) is 2.32. The van der Waals surface area contributed by atoms with Gasteiger partial charge in [0.1, 0.15) is 0 Å². The van der Waals surface area contributed by atoms with Crippen LogP contribution in [0.2, 0.25) is 5.02 Å². The highest BCUT2D eigenvalue weighted by Gasteiger charge is 2.08. The molecule has 2 N–H and O–H groups in total. The van der Waals surface area contributed by atoms with Crippen LogP contribution in [-0.2, 0) is 0 Å². The van der Waals surface area contributed by atoms with E-state index in [1.807, 2.05) is 18.2 Å². The number of nitrogens with zero attached hydrogens (tertiary/aromatic N) is 1. The summed E-state index contributed by atoms with van der Waals surface area (Å²) in [7, 11) is 0. The standard InChI is InChI=1S/C12H17ClN2S/c1-3-15(4-2)12-7-9(11(14)8-16)5-6-10(12)13/h5-8,16H,3-4,14H2,1-2H3/b11-8-. The summed E-state index contributed by atoms with van der Waals surface area (Å²) in [5, 5.41) is 2.34. The lowest BCUT2D eigenvalue weighted by Gasteiger charge is -2.23. The Morgan fingerprint density at radius 2 is 2.06 bits per heavy atom. The fourth-order valence-electron chi connectivity index (χ4n) is 1.57. The molecule has 0 saturated heterocycles. The molecule has 0 spiro atoms. The van der Waals surface area contributed by atoms with E-state index in [4.69, 9.17) is 17.3 Å². The third-order valence-electron chi connectivity index (χ3n) is 2.52.